The summed E-state index contributed by atoms with van der Waals surface area (Å²) in [6.07, 6.45) is 0. The molecule has 32 heavy (non-hydrogen) atoms. The van der Waals surface area contributed by atoms with Crippen LogP contribution in [0.4, 0.5) is 5.69 Å². The van der Waals surface area contributed by atoms with Crippen LogP contribution < -0.4 is 10.1 Å². The Hall–Kier alpha value is -3.31. The van der Waals surface area contributed by atoms with Crippen LogP contribution in [0.3, 0.4) is 0 Å². The van der Waals surface area contributed by atoms with Gasteiger partial charge in [0, 0.05) is 5.69 Å². The Morgan fingerprint density at radius 1 is 1.06 bits per heavy atom. The van der Waals surface area contributed by atoms with Crippen molar-refractivity contribution in [2.24, 2.45) is 0 Å². The summed E-state index contributed by atoms with van der Waals surface area (Å²) in [4.78, 5) is 17.0. The molecule has 0 fully saturated rings. The third-order valence-electron chi connectivity index (χ3n) is 5.41. The molecule has 0 spiro atoms. The molecule has 0 radical (unpaired) electrons. The number of carbonyl (C=O) groups is 1. The number of nitrogens with zero attached hydrogens (tertiary/aromatic N) is 1. The second kappa shape index (κ2) is 9.05. The Morgan fingerprint density at radius 2 is 1.88 bits per heavy atom. The number of amides is 1. The highest BCUT2D eigenvalue weighted by atomic mass is 35.5. The van der Waals surface area contributed by atoms with Gasteiger partial charge in [0.1, 0.15) is 11.3 Å². The number of halogens is 1. The Labute approximate surface area is 192 Å². The van der Waals surface area contributed by atoms with Gasteiger partial charge in [0.2, 0.25) is 5.89 Å². The molecule has 0 aliphatic heterocycles. The minimum atomic E-state index is -0.268. The zero-order valence-corrected chi connectivity index (χ0v) is 19.3. The van der Waals surface area contributed by atoms with E-state index in [-0.39, 0.29) is 12.5 Å². The summed E-state index contributed by atoms with van der Waals surface area (Å²) < 4.78 is 11.5. The highest BCUT2D eigenvalue weighted by Gasteiger charge is 2.15. The molecule has 5 nitrogen and oxygen atoms in total. The molecule has 1 N–H and O–H groups in total. The Morgan fingerprint density at radius 3 is 2.62 bits per heavy atom. The second-order valence-corrected chi connectivity index (χ2v) is 8.59. The fraction of sp³-hybridized carbons (Fsp3) is 0.231. The quantitative estimate of drug-likeness (QED) is 0.348. The normalized spacial score (nSPS) is 11.2. The van der Waals surface area contributed by atoms with E-state index in [1.54, 1.807) is 18.2 Å². The van der Waals surface area contributed by atoms with E-state index in [9.17, 15) is 4.79 Å². The van der Waals surface area contributed by atoms with Crippen LogP contribution >= 0.6 is 11.6 Å². The highest BCUT2D eigenvalue weighted by Crippen LogP contribution is 2.33. The Balaban J connectivity index is 1.50. The summed E-state index contributed by atoms with van der Waals surface area (Å²) in [5.74, 6) is 1.20. The Bertz CT molecular complexity index is 1290. The van der Waals surface area contributed by atoms with E-state index in [2.05, 4.69) is 24.1 Å². The van der Waals surface area contributed by atoms with Crippen LogP contribution in [0.1, 0.15) is 36.5 Å². The molecular weight excluding hydrogens is 424 g/mol. The summed E-state index contributed by atoms with van der Waals surface area (Å²) in [5.41, 5.74) is 6.15. The lowest BCUT2D eigenvalue weighted by Crippen LogP contribution is -2.20. The SMILES string of the molecule is Cc1ccc(OCC(=O)Nc2ccc(Cl)c(-c3nc4cc(C(C)C)ccc4o3)c2)cc1C. The number of anilines is 1. The topological polar surface area (TPSA) is 64.4 Å². The summed E-state index contributed by atoms with van der Waals surface area (Å²) in [6.45, 7) is 8.21. The van der Waals surface area contributed by atoms with Gasteiger partial charge >= 0.3 is 0 Å². The van der Waals surface area contributed by atoms with E-state index in [0.717, 1.165) is 11.1 Å². The zero-order chi connectivity index (χ0) is 22.8. The first kappa shape index (κ1) is 21.9. The second-order valence-electron chi connectivity index (χ2n) is 8.18. The van der Waals surface area contributed by atoms with E-state index < -0.39 is 0 Å². The third-order valence-corrected chi connectivity index (χ3v) is 5.74. The van der Waals surface area contributed by atoms with Crippen molar-refractivity contribution in [1.29, 1.82) is 0 Å². The van der Waals surface area contributed by atoms with E-state index in [0.29, 0.717) is 39.4 Å². The fourth-order valence-corrected chi connectivity index (χ4v) is 3.53. The van der Waals surface area contributed by atoms with Crippen molar-refractivity contribution in [3.05, 3.63) is 76.3 Å². The van der Waals surface area contributed by atoms with Gasteiger partial charge in [-0.3, -0.25) is 4.79 Å². The molecule has 3 aromatic carbocycles. The summed E-state index contributed by atoms with van der Waals surface area (Å²) >= 11 is 6.41. The standard InChI is InChI=1S/C26H25ClN2O3/c1-15(2)18-6-10-24-23(12-18)29-26(32-24)21-13-19(7-9-22(21)27)28-25(30)14-31-20-8-5-16(3)17(4)11-20/h5-13,15H,14H2,1-4H3,(H,28,30). The summed E-state index contributed by atoms with van der Waals surface area (Å²) in [7, 11) is 0. The predicted octanol–water partition coefficient (Wildman–Crippen LogP) is 6.91. The van der Waals surface area contributed by atoms with Crippen LogP contribution in [-0.2, 0) is 4.79 Å². The minimum absolute atomic E-state index is 0.0959. The molecule has 4 rings (SSSR count). The number of hydrogen-bond donors (Lipinski definition) is 1. The van der Waals surface area contributed by atoms with E-state index in [4.69, 9.17) is 20.8 Å². The van der Waals surface area contributed by atoms with Gasteiger partial charge in [-0.15, -0.1) is 0 Å². The number of fused-ring (bicyclic) bond motifs is 1. The molecule has 0 aliphatic rings. The first-order valence-electron chi connectivity index (χ1n) is 10.5. The summed E-state index contributed by atoms with van der Waals surface area (Å²) in [5, 5.41) is 3.33. The predicted molar refractivity (Wildman–Crippen MR) is 129 cm³/mol. The number of ether oxygens (including phenoxy) is 1. The molecular formula is C26H25ClN2O3. The number of aromatic nitrogens is 1. The molecule has 4 aromatic rings. The van der Waals surface area contributed by atoms with Gasteiger partial charge in [0.25, 0.3) is 5.91 Å². The van der Waals surface area contributed by atoms with Crippen LogP contribution in [0.15, 0.2) is 59.0 Å². The number of nitrogens with one attached hydrogen (secondary N) is 1. The number of hydrogen-bond acceptors (Lipinski definition) is 4. The molecule has 0 unspecified atom stereocenters. The molecule has 1 heterocycles. The first-order valence-corrected chi connectivity index (χ1v) is 10.9. The van der Waals surface area contributed by atoms with Gasteiger partial charge in [0.15, 0.2) is 12.2 Å². The average molecular weight is 449 g/mol. The first-order chi connectivity index (χ1) is 15.3. The smallest absolute Gasteiger partial charge is 0.262 e. The van der Waals surface area contributed by atoms with Gasteiger partial charge in [-0.2, -0.15) is 0 Å². The van der Waals surface area contributed by atoms with Gasteiger partial charge < -0.3 is 14.5 Å². The minimum Gasteiger partial charge on any atom is -0.484 e. The lowest BCUT2D eigenvalue weighted by molar-refractivity contribution is -0.118. The van der Waals surface area contributed by atoms with Crippen molar-refractivity contribution in [2.45, 2.75) is 33.6 Å². The molecule has 0 bridgehead atoms. The van der Waals surface area contributed by atoms with Gasteiger partial charge in [-0.05, 0) is 78.9 Å². The van der Waals surface area contributed by atoms with Crippen molar-refractivity contribution >= 4 is 34.3 Å². The van der Waals surface area contributed by atoms with E-state index in [1.165, 1.54) is 11.1 Å². The number of benzene rings is 3. The number of carbonyl (C=O) groups excluding carboxylic acids is 1. The van der Waals surface area contributed by atoms with Gasteiger partial charge in [0.05, 0.1) is 10.6 Å². The molecule has 0 saturated carbocycles. The van der Waals surface area contributed by atoms with Gasteiger partial charge in [-0.1, -0.05) is 37.6 Å². The zero-order valence-electron chi connectivity index (χ0n) is 18.5. The molecule has 0 aliphatic carbocycles. The monoisotopic (exact) mass is 448 g/mol. The van der Waals surface area contributed by atoms with Crippen molar-refractivity contribution in [3.63, 3.8) is 0 Å². The summed E-state index contributed by atoms with van der Waals surface area (Å²) in [6, 6.07) is 16.9. The third kappa shape index (κ3) is 4.78. The van der Waals surface area contributed by atoms with Crippen LogP contribution in [0.5, 0.6) is 5.75 Å². The van der Waals surface area contributed by atoms with Crippen molar-refractivity contribution in [3.8, 4) is 17.2 Å². The number of rotatable bonds is 6. The largest absolute Gasteiger partial charge is 0.484 e. The molecule has 0 atom stereocenters. The molecule has 6 heteroatoms. The van der Waals surface area contributed by atoms with Crippen molar-refractivity contribution in [1.82, 2.24) is 4.98 Å². The average Bonchev–Trinajstić information content (AvgIpc) is 3.19. The van der Waals surface area contributed by atoms with Crippen molar-refractivity contribution < 1.29 is 13.9 Å². The molecule has 1 amide bonds. The molecule has 0 saturated heterocycles. The molecule has 164 valence electrons. The highest BCUT2D eigenvalue weighted by molar-refractivity contribution is 6.33. The number of aryl methyl sites for hydroxylation is 2. The fourth-order valence-electron chi connectivity index (χ4n) is 3.34. The van der Waals surface area contributed by atoms with Crippen LogP contribution in [0.2, 0.25) is 5.02 Å². The maximum atomic E-state index is 12.4. The molecule has 1 aromatic heterocycles. The maximum Gasteiger partial charge on any atom is 0.262 e. The van der Waals surface area contributed by atoms with E-state index in [1.807, 2.05) is 50.2 Å². The van der Waals surface area contributed by atoms with Crippen molar-refractivity contribution in [2.75, 3.05) is 11.9 Å². The lowest BCUT2D eigenvalue weighted by atomic mass is 10.0. The van der Waals surface area contributed by atoms with E-state index >= 15 is 0 Å². The lowest BCUT2D eigenvalue weighted by Gasteiger charge is -2.10. The van der Waals surface area contributed by atoms with Crippen LogP contribution in [-0.4, -0.2) is 17.5 Å². The maximum absolute atomic E-state index is 12.4. The van der Waals surface area contributed by atoms with Crippen LogP contribution in [0, 0.1) is 13.8 Å². The van der Waals surface area contributed by atoms with Crippen LogP contribution in [0.25, 0.3) is 22.6 Å². The number of oxazole rings is 1. The van der Waals surface area contributed by atoms with Gasteiger partial charge in [-0.25, -0.2) is 4.98 Å². The Kier molecular flexibility index (Phi) is 6.19.